The minimum Gasteiger partial charge on any atom is -0.369 e. The van der Waals surface area contributed by atoms with E-state index in [1.54, 1.807) is 0 Å². The van der Waals surface area contributed by atoms with Crippen molar-refractivity contribution in [2.75, 3.05) is 0 Å². The summed E-state index contributed by atoms with van der Waals surface area (Å²) in [5.41, 5.74) is 5.30. The molecule has 12 heavy (non-hydrogen) atoms. The van der Waals surface area contributed by atoms with Crippen LogP contribution in [0.5, 0.6) is 0 Å². The average molecular weight is 165 g/mol. The van der Waals surface area contributed by atoms with E-state index < -0.39 is 0 Å². The first-order valence-corrected chi connectivity index (χ1v) is 4.75. The number of hydrogen-bond acceptors (Lipinski definition) is 1. The molecule has 0 aliphatic heterocycles. The summed E-state index contributed by atoms with van der Waals surface area (Å²) in [5.74, 6) is 1.32. The monoisotopic (exact) mass is 165 g/mol. The van der Waals surface area contributed by atoms with Crippen LogP contribution in [0, 0.1) is 17.8 Å². The zero-order valence-electron chi connectivity index (χ0n) is 7.20. The Hall–Kier alpha value is -0.790. The number of carbonyl (C=O) groups is 1. The van der Waals surface area contributed by atoms with Crippen molar-refractivity contribution in [3.63, 3.8) is 0 Å². The lowest BCUT2D eigenvalue weighted by Gasteiger charge is -1.99. The number of rotatable bonds is 1. The highest BCUT2D eigenvalue weighted by molar-refractivity contribution is 5.80. The van der Waals surface area contributed by atoms with Crippen molar-refractivity contribution in [2.45, 2.75) is 25.7 Å². The summed E-state index contributed by atoms with van der Waals surface area (Å²) in [6.45, 7) is 0. The van der Waals surface area contributed by atoms with E-state index in [0.717, 1.165) is 6.42 Å². The molecule has 2 nitrogen and oxygen atoms in total. The van der Waals surface area contributed by atoms with Gasteiger partial charge in [0.1, 0.15) is 0 Å². The van der Waals surface area contributed by atoms with Crippen LogP contribution in [0.25, 0.3) is 0 Å². The van der Waals surface area contributed by atoms with Crippen LogP contribution in [0.1, 0.15) is 25.7 Å². The number of allylic oxidation sites excluding steroid dienone is 2. The van der Waals surface area contributed by atoms with Gasteiger partial charge in [-0.15, -0.1) is 0 Å². The van der Waals surface area contributed by atoms with Crippen molar-refractivity contribution in [3.05, 3.63) is 12.2 Å². The highest BCUT2D eigenvalue weighted by Gasteiger charge is 2.52. The van der Waals surface area contributed by atoms with Crippen LogP contribution < -0.4 is 5.73 Å². The third-order valence-electron chi connectivity index (χ3n) is 3.14. The Morgan fingerprint density at radius 1 is 1.33 bits per heavy atom. The molecular weight excluding hydrogens is 150 g/mol. The lowest BCUT2D eigenvalue weighted by molar-refractivity contribution is -0.119. The number of nitrogens with two attached hydrogens (primary N) is 1. The van der Waals surface area contributed by atoms with Crippen LogP contribution in [0.3, 0.4) is 0 Å². The van der Waals surface area contributed by atoms with Crippen molar-refractivity contribution >= 4 is 5.91 Å². The maximum Gasteiger partial charge on any atom is 0.221 e. The molecule has 3 unspecified atom stereocenters. The Balaban J connectivity index is 2.00. The Kier molecular flexibility index (Phi) is 1.91. The summed E-state index contributed by atoms with van der Waals surface area (Å²) in [6.07, 6.45) is 9.10. The maximum absolute atomic E-state index is 11.0. The van der Waals surface area contributed by atoms with E-state index in [1.807, 2.05) is 0 Å². The third-order valence-corrected chi connectivity index (χ3v) is 3.14. The van der Waals surface area contributed by atoms with E-state index in [9.17, 15) is 4.79 Å². The Morgan fingerprint density at radius 2 is 2.17 bits per heavy atom. The molecule has 0 aromatic heterocycles. The minimum atomic E-state index is -0.0831. The molecule has 2 heteroatoms. The molecule has 0 radical (unpaired) electrons. The zero-order chi connectivity index (χ0) is 8.55. The molecule has 1 amide bonds. The smallest absolute Gasteiger partial charge is 0.221 e. The highest BCUT2D eigenvalue weighted by Crippen LogP contribution is 2.52. The third kappa shape index (κ3) is 1.26. The van der Waals surface area contributed by atoms with E-state index in [0.29, 0.717) is 11.8 Å². The van der Waals surface area contributed by atoms with Crippen molar-refractivity contribution in [2.24, 2.45) is 23.5 Å². The summed E-state index contributed by atoms with van der Waals surface area (Å²) in [6, 6.07) is 0. The SMILES string of the molecule is NC(=O)C1C2C/C=C\CCCC21. The van der Waals surface area contributed by atoms with Gasteiger partial charge in [-0.3, -0.25) is 4.79 Å². The molecule has 66 valence electrons. The first kappa shape index (κ1) is 7.84. The Labute approximate surface area is 72.8 Å². The predicted molar refractivity (Wildman–Crippen MR) is 47.3 cm³/mol. The molecular formula is C10H15NO. The molecule has 0 aromatic rings. The van der Waals surface area contributed by atoms with Crippen LogP contribution in [0.15, 0.2) is 12.2 Å². The fourth-order valence-electron chi connectivity index (χ4n) is 2.42. The summed E-state index contributed by atoms with van der Waals surface area (Å²) in [7, 11) is 0. The first-order chi connectivity index (χ1) is 5.80. The number of hydrogen-bond donors (Lipinski definition) is 1. The molecule has 2 rings (SSSR count). The fraction of sp³-hybridized carbons (Fsp3) is 0.700. The van der Waals surface area contributed by atoms with Crippen LogP contribution in [-0.2, 0) is 4.79 Å². The van der Waals surface area contributed by atoms with E-state index in [-0.39, 0.29) is 11.8 Å². The molecule has 0 aromatic carbocycles. The van der Waals surface area contributed by atoms with Crippen molar-refractivity contribution in [1.82, 2.24) is 0 Å². The van der Waals surface area contributed by atoms with Crippen molar-refractivity contribution < 1.29 is 4.79 Å². The zero-order valence-corrected chi connectivity index (χ0v) is 7.20. The van der Waals surface area contributed by atoms with E-state index in [4.69, 9.17) is 5.73 Å². The Bertz CT molecular complexity index is 222. The lowest BCUT2D eigenvalue weighted by atomic mass is 10.1. The van der Waals surface area contributed by atoms with Gasteiger partial charge < -0.3 is 5.73 Å². The van der Waals surface area contributed by atoms with E-state index in [2.05, 4.69) is 12.2 Å². The van der Waals surface area contributed by atoms with Crippen molar-refractivity contribution in [1.29, 1.82) is 0 Å². The minimum absolute atomic E-state index is 0.0831. The van der Waals surface area contributed by atoms with Gasteiger partial charge in [0, 0.05) is 5.92 Å². The molecule has 0 spiro atoms. The second kappa shape index (κ2) is 2.92. The second-order valence-corrected chi connectivity index (χ2v) is 3.89. The Morgan fingerprint density at radius 3 is 2.92 bits per heavy atom. The molecule has 0 saturated heterocycles. The van der Waals surface area contributed by atoms with Gasteiger partial charge in [0.2, 0.25) is 5.91 Å². The molecule has 0 bridgehead atoms. The summed E-state index contributed by atoms with van der Waals surface area (Å²) >= 11 is 0. The van der Waals surface area contributed by atoms with Crippen LogP contribution in [0.2, 0.25) is 0 Å². The molecule has 1 fully saturated rings. The number of fused-ring (bicyclic) bond motifs is 1. The van der Waals surface area contributed by atoms with Gasteiger partial charge in [0.15, 0.2) is 0 Å². The standard InChI is InChI=1S/C10H15NO/c11-10(12)9-7-5-3-1-2-4-6-8(7)9/h1,3,7-9H,2,4-6H2,(H2,11,12)/b3-1-. The highest BCUT2D eigenvalue weighted by atomic mass is 16.1. The quantitative estimate of drug-likeness (QED) is 0.587. The number of primary amides is 1. The molecule has 2 aliphatic carbocycles. The molecule has 2 N–H and O–H groups in total. The van der Waals surface area contributed by atoms with E-state index >= 15 is 0 Å². The maximum atomic E-state index is 11.0. The fourth-order valence-corrected chi connectivity index (χ4v) is 2.42. The lowest BCUT2D eigenvalue weighted by Crippen LogP contribution is -2.14. The summed E-state index contributed by atoms with van der Waals surface area (Å²) in [5, 5.41) is 0. The van der Waals surface area contributed by atoms with Crippen LogP contribution in [0.4, 0.5) is 0 Å². The molecule has 3 atom stereocenters. The van der Waals surface area contributed by atoms with Gasteiger partial charge in [0.05, 0.1) is 0 Å². The van der Waals surface area contributed by atoms with E-state index in [1.165, 1.54) is 19.3 Å². The summed E-state index contributed by atoms with van der Waals surface area (Å²) in [4.78, 5) is 11.0. The van der Waals surface area contributed by atoms with Gasteiger partial charge in [-0.25, -0.2) is 0 Å². The molecule has 1 saturated carbocycles. The van der Waals surface area contributed by atoms with Crippen molar-refractivity contribution in [3.8, 4) is 0 Å². The topological polar surface area (TPSA) is 43.1 Å². The largest absolute Gasteiger partial charge is 0.369 e. The van der Waals surface area contributed by atoms with Gasteiger partial charge in [-0.05, 0) is 37.5 Å². The normalized spacial score (nSPS) is 42.2. The second-order valence-electron chi connectivity index (χ2n) is 3.89. The molecule has 2 aliphatic rings. The van der Waals surface area contributed by atoms with Gasteiger partial charge in [0.25, 0.3) is 0 Å². The number of carbonyl (C=O) groups excluding carboxylic acids is 1. The van der Waals surface area contributed by atoms with Gasteiger partial charge in [-0.1, -0.05) is 12.2 Å². The number of amides is 1. The summed E-state index contributed by atoms with van der Waals surface area (Å²) < 4.78 is 0. The molecule has 0 heterocycles. The van der Waals surface area contributed by atoms with Gasteiger partial charge in [-0.2, -0.15) is 0 Å². The average Bonchev–Trinajstić information content (AvgIpc) is 2.60. The predicted octanol–water partition coefficient (Wildman–Crippen LogP) is 1.46. The first-order valence-electron chi connectivity index (χ1n) is 4.75. The van der Waals surface area contributed by atoms with Crippen LogP contribution in [-0.4, -0.2) is 5.91 Å². The van der Waals surface area contributed by atoms with Gasteiger partial charge >= 0.3 is 0 Å². The van der Waals surface area contributed by atoms with Crippen LogP contribution >= 0.6 is 0 Å².